The Hall–Kier alpha value is -0.930. The fourth-order valence-corrected chi connectivity index (χ4v) is 1.29. The van der Waals surface area contributed by atoms with Gasteiger partial charge in [0.2, 0.25) is 0 Å². The first kappa shape index (κ1) is 10.2. The third kappa shape index (κ3) is 2.50. The number of nitrogens with one attached hydrogen (secondary N) is 1. The standard InChI is InChI=1S/C8H7Cl2NO2/c1-4-2-6(10)7(3-5(4)9)11-8(12)13/h2-3,11H,1H3,(H,12,13). The Morgan fingerprint density at radius 2 is 2.00 bits per heavy atom. The van der Waals surface area contributed by atoms with Crippen LogP contribution in [0.5, 0.6) is 0 Å². The average Bonchev–Trinajstić information content (AvgIpc) is 1.99. The molecule has 0 aliphatic carbocycles. The zero-order chi connectivity index (χ0) is 10.0. The fraction of sp³-hybridized carbons (Fsp3) is 0.125. The molecule has 1 amide bonds. The third-order valence-corrected chi connectivity index (χ3v) is 2.21. The van der Waals surface area contributed by atoms with Crippen molar-refractivity contribution in [2.45, 2.75) is 6.92 Å². The van der Waals surface area contributed by atoms with Gasteiger partial charge in [-0.1, -0.05) is 23.2 Å². The summed E-state index contributed by atoms with van der Waals surface area (Å²) >= 11 is 11.5. The van der Waals surface area contributed by atoms with E-state index in [4.69, 9.17) is 28.3 Å². The van der Waals surface area contributed by atoms with Crippen LogP contribution in [-0.2, 0) is 0 Å². The highest BCUT2D eigenvalue weighted by Gasteiger charge is 2.06. The highest BCUT2D eigenvalue weighted by molar-refractivity contribution is 6.36. The van der Waals surface area contributed by atoms with Crippen LogP contribution < -0.4 is 5.32 Å². The van der Waals surface area contributed by atoms with Gasteiger partial charge in [-0.15, -0.1) is 0 Å². The Kier molecular flexibility index (Phi) is 3.01. The first-order valence-corrected chi connectivity index (χ1v) is 4.22. The molecule has 1 aromatic rings. The molecule has 0 fully saturated rings. The molecule has 0 saturated carbocycles. The van der Waals surface area contributed by atoms with Gasteiger partial charge >= 0.3 is 6.09 Å². The van der Waals surface area contributed by atoms with E-state index in [1.807, 2.05) is 0 Å². The molecule has 5 heteroatoms. The largest absolute Gasteiger partial charge is 0.465 e. The molecule has 0 heterocycles. The zero-order valence-corrected chi connectivity index (χ0v) is 8.28. The number of carboxylic acid groups (broad SMARTS) is 1. The van der Waals surface area contributed by atoms with E-state index < -0.39 is 6.09 Å². The van der Waals surface area contributed by atoms with Crippen LogP contribution in [-0.4, -0.2) is 11.2 Å². The van der Waals surface area contributed by atoms with Crippen LogP contribution in [0.1, 0.15) is 5.56 Å². The summed E-state index contributed by atoms with van der Waals surface area (Å²) in [5, 5.41) is 11.4. The van der Waals surface area contributed by atoms with Crippen molar-refractivity contribution in [2.75, 3.05) is 5.32 Å². The molecular formula is C8H7Cl2NO2. The molecule has 0 unspecified atom stereocenters. The van der Waals surface area contributed by atoms with Gasteiger partial charge in [-0.2, -0.15) is 0 Å². The van der Waals surface area contributed by atoms with Gasteiger partial charge in [-0.3, -0.25) is 5.32 Å². The molecule has 70 valence electrons. The molecule has 0 bridgehead atoms. The maximum atomic E-state index is 10.3. The first-order valence-electron chi connectivity index (χ1n) is 3.46. The van der Waals surface area contributed by atoms with Gasteiger partial charge in [0, 0.05) is 5.02 Å². The van der Waals surface area contributed by atoms with Gasteiger partial charge in [0.15, 0.2) is 0 Å². The van der Waals surface area contributed by atoms with Crippen molar-refractivity contribution in [1.29, 1.82) is 0 Å². The van der Waals surface area contributed by atoms with Gasteiger partial charge < -0.3 is 5.11 Å². The molecule has 0 atom stereocenters. The maximum Gasteiger partial charge on any atom is 0.409 e. The van der Waals surface area contributed by atoms with Crippen LogP contribution >= 0.6 is 23.2 Å². The minimum Gasteiger partial charge on any atom is -0.465 e. The molecule has 0 aliphatic rings. The van der Waals surface area contributed by atoms with Crippen LogP contribution in [0.15, 0.2) is 12.1 Å². The highest BCUT2D eigenvalue weighted by Crippen LogP contribution is 2.28. The lowest BCUT2D eigenvalue weighted by Crippen LogP contribution is -2.07. The SMILES string of the molecule is Cc1cc(Cl)c(NC(=O)O)cc1Cl. The van der Waals surface area contributed by atoms with E-state index in [9.17, 15) is 4.79 Å². The number of carbonyl (C=O) groups is 1. The summed E-state index contributed by atoms with van der Waals surface area (Å²) in [7, 11) is 0. The number of halogens is 2. The Morgan fingerprint density at radius 1 is 1.38 bits per heavy atom. The van der Waals surface area contributed by atoms with Crippen LogP contribution in [0, 0.1) is 6.92 Å². The van der Waals surface area contributed by atoms with E-state index in [-0.39, 0.29) is 0 Å². The number of hydrogen-bond acceptors (Lipinski definition) is 1. The second-order valence-corrected chi connectivity index (χ2v) is 3.33. The van der Waals surface area contributed by atoms with Crippen molar-refractivity contribution >= 4 is 35.0 Å². The van der Waals surface area contributed by atoms with Crippen LogP contribution in [0.4, 0.5) is 10.5 Å². The second-order valence-electron chi connectivity index (χ2n) is 2.51. The van der Waals surface area contributed by atoms with Crippen molar-refractivity contribution in [1.82, 2.24) is 0 Å². The summed E-state index contributed by atoms with van der Waals surface area (Å²) in [5.74, 6) is 0. The topological polar surface area (TPSA) is 49.3 Å². The normalized spacial score (nSPS) is 9.77. The quantitative estimate of drug-likeness (QED) is 0.761. The molecule has 0 saturated heterocycles. The monoisotopic (exact) mass is 219 g/mol. The minimum atomic E-state index is -1.16. The van der Waals surface area contributed by atoms with Crippen molar-refractivity contribution in [3.05, 3.63) is 27.7 Å². The summed E-state index contributed by atoms with van der Waals surface area (Å²) < 4.78 is 0. The van der Waals surface area contributed by atoms with Crippen molar-refractivity contribution in [3.8, 4) is 0 Å². The van der Waals surface area contributed by atoms with Crippen molar-refractivity contribution in [3.63, 3.8) is 0 Å². The predicted molar refractivity (Wildman–Crippen MR) is 52.8 cm³/mol. The summed E-state index contributed by atoms with van der Waals surface area (Å²) in [4.78, 5) is 10.3. The number of hydrogen-bond donors (Lipinski definition) is 2. The average molecular weight is 220 g/mol. The van der Waals surface area contributed by atoms with E-state index in [0.29, 0.717) is 15.7 Å². The summed E-state index contributed by atoms with van der Waals surface area (Å²) in [5.41, 5.74) is 1.10. The van der Waals surface area contributed by atoms with Crippen LogP contribution in [0.3, 0.4) is 0 Å². The van der Waals surface area contributed by atoms with E-state index in [1.54, 1.807) is 13.0 Å². The Morgan fingerprint density at radius 3 is 2.54 bits per heavy atom. The minimum absolute atomic E-state index is 0.296. The lowest BCUT2D eigenvalue weighted by molar-refractivity contribution is 0.210. The maximum absolute atomic E-state index is 10.3. The van der Waals surface area contributed by atoms with E-state index >= 15 is 0 Å². The number of amides is 1. The molecule has 1 rings (SSSR count). The molecule has 0 radical (unpaired) electrons. The summed E-state index contributed by atoms with van der Waals surface area (Å²) in [6, 6.07) is 3.09. The predicted octanol–water partition coefficient (Wildman–Crippen LogP) is 3.39. The second kappa shape index (κ2) is 3.85. The highest BCUT2D eigenvalue weighted by atomic mass is 35.5. The number of anilines is 1. The van der Waals surface area contributed by atoms with Gasteiger partial charge in [-0.05, 0) is 24.6 Å². The molecule has 0 aliphatic heterocycles. The van der Waals surface area contributed by atoms with Crippen LogP contribution in [0.25, 0.3) is 0 Å². The van der Waals surface area contributed by atoms with Crippen molar-refractivity contribution < 1.29 is 9.90 Å². The molecule has 1 aromatic carbocycles. The Balaban J connectivity index is 3.08. The number of benzene rings is 1. The van der Waals surface area contributed by atoms with E-state index in [2.05, 4.69) is 5.32 Å². The molecule has 0 aromatic heterocycles. The number of rotatable bonds is 1. The molecule has 13 heavy (non-hydrogen) atoms. The lowest BCUT2D eigenvalue weighted by Gasteiger charge is -2.05. The van der Waals surface area contributed by atoms with Crippen molar-refractivity contribution in [2.24, 2.45) is 0 Å². The van der Waals surface area contributed by atoms with Gasteiger partial charge in [0.05, 0.1) is 10.7 Å². The fourth-order valence-electron chi connectivity index (χ4n) is 0.857. The smallest absolute Gasteiger partial charge is 0.409 e. The van der Waals surface area contributed by atoms with Gasteiger partial charge in [-0.25, -0.2) is 4.79 Å². The van der Waals surface area contributed by atoms with Gasteiger partial charge in [0.25, 0.3) is 0 Å². The molecule has 0 spiro atoms. The Labute approximate surface area is 85.3 Å². The van der Waals surface area contributed by atoms with Gasteiger partial charge in [0.1, 0.15) is 0 Å². The summed E-state index contributed by atoms with van der Waals surface area (Å²) in [6.45, 7) is 1.79. The summed E-state index contributed by atoms with van der Waals surface area (Å²) in [6.07, 6.45) is -1.16. The molecule has 3 nitrogen and oxygen atoms in total. The molecule has 2 N–H and O–H groups in total. The van der Waals surface area contributed by atoms with E-state index in [0.717, 1.165) is 5.56 Å². The molecular weight excluding hydrogens is 213 g/mol. The number of aryl methyl sites for hydroxylation is 1. The third-order valence-electron chi connectivity index (χ3n) is 1.49. The lowest BCUT2D eigenvalue weighted by atomic mass is 10.2. The first-order chi connectivity index (χ1) is 6.00. The zero-order valence-electron chi connectivity index (χ0n) is 6.77. The van der Waals surface area contributed by atoms with Crippen LogP contribution in [0.2, 0.25) is 10.0 Å². The Bertz CT molecular complexity index is 352. The van der Waals surface area contributed by atoms with E-state index in [1.165, 1.54) is 6.07 Å².